The van der Waals surface area contributed by atoms with Crippen molar-refractivity contribution < 1.29 is 9.53 Å². The number of benzene rings is 1. The summed E-state index contributed by atoms with van der Waals surface area (Å²) in [7, 11) is 0. The van der Waals surface area contributed by atoms with E-state index >= 15 is 0 Å². The molecule has 3 aromatic rings. The molecule has 0 radical (unpaired) electrons. The molecule has 2 aromatic heterocycles. The van der Waals surface area contributed by atoms with Crippen molar-refractivity contribution in [2.24, 2.45) is 0 Å². The van der Waals surface area contributed by atoms with Crippen molar-refractivity contribution >= 4 is 55.2 Å². The van der Waals surface area contributed by atoms with Gasteiger partial charge >= 0.3 is 5.97 Å². The highest BCUT2D eigenvalue weighted by molar-refractivity contribution is 9.10. The van der Waals surface area contributed by atoms with E-state index in [1.807, 2.05) is 41.8 Å². The maximum atomic E-state index is 11.9. The fraction of sp³-hybridized carbons (Fsp3) is 0.200. The minimum atomic E-state index is -0.282. The molecule has 116 valence electrons. The largest absolute Gasteiger partial charge is 0.462 e. The maximum absolute atomic E-state index is 11.9. The van der Waals surface area contributed by atoms with Crippen LogP contribution in [0, 0.1) is 6.92 Å². The fourth-order valence-electron chi connectivity index (χ4n) is 2.10. The van der Waals surface area contributed by atoms with Crippen molar-refractivity contribution in [3.05, 3.63) is 45.5 Å². The van der Waals surface area contributed by atoms with Gasteiger partial charge in [-0.3, -0.25) is 4.40 Å². The summed E-state index contributed by atoms with van der Waals surface area (Å²) in [6.07, 6.45) is 1.95. The van der Waals surface area contributed by atoms with Crippen LogP contribution in [0.25, 0.3) is 16.2 Å². The molecule has 0 saturated heterocycles. The topological polar surface area (TPSA) is 43.6 Å². The number of carbonyl (C=O) groups is 1. The smallest absolute Gasteiger partial charge is 0.350 e. The quantitative estimate of drug-likeness (QED) is 0.539. The lowest BCUT2D eigenvalue weighted by Gasteiger charge is -1.99. The van der Waals surface area contributed by atoms with Gasteiger partial charge in [0.1, 0.15) is 4.88 Å². The second kappa shape index (κ2) is 6.93. The van der Waals surface area contributed by atoms with Gasteiger partial charge in [0.2, 0.25) is 0 Å². The highest BCUT2D eigenvalue weighted by Crippen LogP contribution is 2.28. The SMILES string of the molecule is Br.CCOC(=O)c1sc2nc(-c3ccc(Br)cc3)cn2c1C. The van der Waals surface area contributed by atoms with Gasteiger partial charge in [-0.25, -0.2) is 9.78 Å². The van der Waals surface area contributed by atoms with Gasteiger partial charge in [0.25, 0.3) is 0 Å². The number of carbonyl (C=O) groups excluding carboxylic acids is 1. The molecule has 0 amide bonds. The lowest BCUT2D eigenvalue weighted by Crippen LogP contribution is -2.04. The van der Waals surface area contributed by atoms with Gasteiger partial charge in [0.15, 0.2) is 4.96 Å². The third-order valence-corrected chi connectivity index (χ3v) is 4.82. The molecule has 0 saturated carbocycles. The molecule has 3 rings (SSSR count). The van der Waals surface area contributed by atoms with Gasteiger partial charge in [0.05, 0.1) is 12.3 Å². The Morgan fingerprint density at radius 3 is 2.64 bits per heavy atom. The van der Waals surface area contributed by atoms with Crippen LogP contribution >= 0.6 is 44.2 Å². The summed E-state index contributed by atoms with van der Waals surface area (Å²) in [4.78, 5) is 17.9. The standard InChI is InChI=1S/C15H13BrN2O2S.BrH/c1-3-20-14(19)13-9(2)18-8-12(17-15(18)21-13)10-4-6-11(16)7-5-10;/h4-8H,3H2,1-2H3;1H. The summed E-state index contributed by atoms with van der Waals surface area (Å²) < 4.78 is 8.03. The lowest BCUT2D eigenvalue weighted by atomic mass is 10.2. The maximum Gasteiger partial charge on any atom is 0.350 e. The van der Waals surface area contributed by atoms with Crippen molar-refractivity contribution in [2.75, 3.05) is 6.61 Å². The number of aromatic nitrogens is 2. The number of thiazole rings is 1. The van der Waals surface area contributed by atoms with Gasteiger partial charge in [-0.15, -0.1) is 17.0 Å². The number of halogens is 2. The summed E-state index contributed by atoms with van der Waals surface area (Å²) in [6.45, 7) is 4.09. The summed E-state index contributed by atoms with van der Waals surface area (Å²) in [5, 5.41) is 0. The van der Waals surface area contributed by atoms with Gasteiger partial charge in [0, 0.05) is 21.9 Å². The molecule has 0 unspecified atom stereocenters. The first-order chi connectivity index (χ1) is 10.1. The Labute approximate surface area is 151 Å². The molecule has 0 aliphatic carbocycles. The van der Waals surface area contributed by atoms with Gasteiger partial charge in [-0.05, 0) is 26.0 Å². The van der Waals surface area contributed by atoms with Gasteiger partial charge < -0.3 is 4.74 Å². The third-order valence-electron chi connectivity index (χ3n) is 3.16. The number of fused-ring (bicyclic) bond motifs is 1. The molecular formula is C15H14Br2N2O2S. The van der Waals surface area contributed by atoms with Crippen LogP contribution in [0.5, 0.6) is 0 Å². The summed E-state index contributed by atoms with van der Waals surface area (Å²) in [5.41, 5.74) is 2.81. The van der Waals surface area contributed by atoms with Crippen molar-refractivity contribution in [1.82, 2.24) is 9.38 Å². The number of aryl methyl sites for hydroxylation is 1. The van der Waals surface area contributed by atoms with E-state index < -0.39 is 0 Å². The monoisotopic (exact) mass is 444 g/mol. The molecule has 0 bridgehead atoms. The molecule has 0 N–H and O–H groups in total. The van der Waals surface area contributed by atoms with Crippen LogP contribution in [0.4, 0.5) is 0 Å². The second-order valence-electron chi connectivity index (χ2n) is 4.52. The van der Waals surface area contributed by atoms with Crippen LogP contribution in [-0.4, -0.2) is 22.0 Å². The number of nitrogens with zero attached hydrogens (tertiary/aromatic N) is 2. The van der Waals surface area contributed by atoms with E-state index in [0.29, 0.717) is 11.5 Å². The van der Waals surface area contributed by atoms with Crippen LogP contribution < -0.4 is 0 Å². The third kappa shape index (κ3) is 3.11. The predicted octanol–water partition coefficient (Wildman–Crippen LogP) is 4.89. The summed E-state index contributed by atoms with van der Waals surface area (Å²) >= 11 is 4.78. The normalized spacial score (nSPS) is 10.5. The number of imidazole rings is 1. The molecule has 7 heteroatoms. The Kier molecular flexibility index (Phi) is 5.41. The molecule has 22 heavy (non-hydrogen) atoms. The molecule has 0 atom stereocenters. The summed E-state index contributed by atoms with van der Waals surface area (Å²) in [5.74, 6) is -0.282. The minimum absolute atomic E-state index is 0. The molecule has 1 aromatic carbocycles. The van der Waals surface area contributed by atoms with E-state index in [1.54, 1.807) is 6.92 Å². The average Bonchev–Trinajstić information content (AvgIpc) is 3.00. The zero-order valence-electron chi connectivity index (χ0n) is 12.0. The van der Waals surface area contributed by atoms with Crippen molar-refractivity contribution in [2.45, 2.75) is 13.8 Å². The van der Waals surface area contributed by atoms with E-state index in [2.05, 4.69) is 20.9 Å². The van der Waals surface area contributed by atoms with E-state index in [0.717, 1.165) is 26.4 Å². The van der Waals surface area contributed by atoms with Crippen LogP contribution in [0.1, 0.15) is 22.3 Å². The lowest BCUT2D eigenvalue weighted by molar-refractivity contribution is 0.0531. The number of hydrogen-bond donors (Lipinski definition) is 0. The number of rotatable bonds is 3. The van der Waals surface area contributed by atoms with E-state index in [4.69, 9.17) is 4.74 Å². The van der Waals surface area contributed by atoms with E-state index in [-0.39, 0.29) is 23.0 Å². The first-order valence-corrected chi connectivity index (χ1v) is 8.12. The second-order valence-corrected chi connectivity index (χ2v) is 6.42. The van der Waals surface area contributed by atoms with Crippen LogP contribution in [0.2, 0.25) is 0 Å². The molecule has 2 heterocycles. The molecule has 0 aliphatic rings. The van der Waals surface area contributed by atoms with Gasteiger partial charge in [-0.2, -0.15) is 0 Å². The molecule has 0 spiro atoms. The Morgan fingerprint density at radius 1 is 1.36 bits per heavy atom. The van der Waals surface area contributed by atoms with Crippen LogP contribution in [0.3, 0.4) is 0 Å². The van der Waals surface area contributed by atoms with E-state index in [9.17, 15) is 4.79 Å². The van der Waals surface area contributed by atoms with Gasteiger partial charge in [-0.1, -0.05) is 39.4 Å². The zero-order chi connectivity index (χ0) is 15.0. The first-order valence-electron chi connectivity index (χ1n) is 6.51. The van der Waals surface area contributed by atoms with Crippen molar-refractivity contribution in [1.29, 1.82) is 0 Å². The highest BCUT2D eigenvalue weighted by Gasteiger charge is 2.18. The first kappa shape index (κ1) is 17.2. The average molecular weight is 446 g/mol. The Hall–Kier alpha value is -1.18. The predicted molar refractivity (Wildman–Crippen MR) is 97.2 cm³/mol. The van der Waals surface area contributed by atoms with Crippen LogP contribution in [0.15, 0.2) is 34.9 Å². The zero-order valence-corrected chi connectivity index (χ0v) is 16.1. The molecule has 0 aliphatic heterocycles. The number of hydrogen-bond acceptors (Lipinski definition) is 4. The minimum Gasteiger partial charge on any atom is -0.462 e. The van der Waals surface area contributed by atoms with Crippen molar-refractivity contribution in [3.8, 4) is 11.3 Å². The Bertz CT molecular complexity index is 809. The van der Waals surface area contributed by atoms with E-state index in [1.165, 1.54) is 11.3 Å². The number of ether oxygens (including phenoxy) is 1. The highest BCUT2D eigenvalue weighted by atomic mass is 79.9. The van der Waals surface area contributed by atoms with Crippen LogP contribution in [-0.2, 0) is 4.74 Å². The molecule has 4 nitrogen and oxygen atoms in total. The molecule has 0 fully saturated rings. The molecular weight excluding hydrogens is 432 g/mol. The Balaban J connectivity index is 0.00000176. The van der Waals surface area contributed by atoms with Crippen molar-refractivity contribution in [3.63, 3.8) is 0 Å². The fourth-order valence-corrected chi connectivity index (χ4v) is 3.36. The Morgan fingerprint density at radius 2 is 2.05 bits per heavy atom. The number of esters is 1. The summed E-state index contributed by atoms with van der Waals surface area (Å²) in [6, 6.07) is 8.00.